The number of aliphatic hydroxyl groups excluding tert-OH is 1. The molecule has 0 aliphatic carbocycles. The smallest absolute Gasteiger partial charge is 0.167 e. The number of fused-ring (bicyclic) bond motifs is 1. The molecule has 3 nitrogen and oxygen atoms in total. The summed E-state index contributed by atoms with van der Waals surface area (Å²) in [6, 6.07) is 2.91. The van der Waals surface area contributed by atoms with Gasteiger partial charge in [-0.05, 0) is 12.1 Å². The molecule has 0 saturated carbocycles. The van der Waals surface area contributed by atoms with Crippen LogP contribution in [0.5, 0.6) is 11.5 Å². The fraction of sp³-hybridized carbons (Fsp3) is 0.455. The second-order valence-corrected chi connectivity index (χ2v) is 3.38. The van der Waals surface area contributed by atoms with E-state index in [0.29, 0.717) is 30.3 Å². The number of aliphatic hydroxyl groups is 1. The molecule has 1 N–H and O–H groups in total. The zero-order valence-corrected chi connectivity index (χ0v) is 8.33. The van der Waals surface area contributed by atoms with Gasteiger partial charge in [-0.15, -0.1) is 0 Å². The molecule has 1 aromatic carbocycles. The van der Waals surface area contributed by atoms with Crippen molar-refractivity contribution in [1.82, 2.24) is 0 Å². The van der Waals surface area contributed by atoms with Gasteiger partial charge in [0.1, 0.15) is 5.82 Å². The Hall–Kier alpha value is -1.29. The third-order valence-corrected chi connectivity index (χ3v) is 2.32. The molecule has 0 radical (unpaired) electrons. The summed E-state index contributed by atoms with van der Waals surface area (Å²) in [5.41, 5.74) is 0.400. The molecule has 0 atom stereocenters. The van der Waals surface area contributed by atoms with Crippen LogP contribution in [0, 0.1) is 5.82 Å². The molecular formula is C11H13FO3. The predicted octanol–water partition coefficient (Wildman–Crippen LogP) is 1.52. The Labute approximate surface area is 87.4 Å². The minimum absolute atomic E-state index is 0.100. The van der Waals surface area contributed by atoms with Crippen LogP contribution >= 0.6 is 0 Å². The number of benzene rings is 1. The highest BCUT2D eigenvalue weighted by Crippen LogP contribution is 2.35. The minimum Gasteiger partial charge on any atom is -0.490 e. The molecule has 0 unspecified atom stereocenters. The second-order valence-electron chi connectivity index (χ2n) is 3.38. The quantitative estimate of drug-likeness (QED) is 0.807. The van der Waals surface area contributed by atoms with Crippen LogP contribution in [0.15, 0.2) is 12.1 Å². The standard InChI is InChI=1S/C11H13FO3/c12-9-2-3-10-11(8(9)4-5-13)15-7-1-6-14-10/h2-3,13H,1,4-7H2. The number of hydrogen-bond acceptors (Lipinski definition) is 3. The molecule has 4 heteroatoms. The first-order valence-corrected chi connectivity index (χ1v) is 5.01. The Morgan fingerprint density at radius 2 is 2.07 bits per heavy atom. The summed E-state index contributed by atoms with van der Waals surface area (Å²) in [5, 5.41) is 8.85. The summed E-state index contributed by atoms with van der Waals surface area (Å²) in [6.07, 6.45) is 1.03. The first kappa shape index (κ1) is 10.2. The highest BCUT2D eigenvalue weighted by atomic mass is 19.1. The second kappa shape index (κ2) is 4.49. The molecular weight excluding hydrogens is 199 g/mol. The van der Waals surface area contributed by atoms with Gasteiger partial charge in [0.05, 0.1) is 13.2 Å². The Morgan fingerprint density at radius 3 is 2.87 bits per heavy atom. The SMILES string of the molecule is OCCc1c(F)ccc2c1OCCCO2. The fourth-order valence-electron chi connectivity index (χ4n) is 1.61. The lowest BCUT2D eigenvalue weighted by Crippen LogP contribution is -2.02. The van der Waals surface area contributed by atoms with Crippen LogP contribution in [0.4, 0.5) is 4.39 Å². The van der Waals surface area contributed by atoms with Gasteiger partial charge in [0.15, 0.2) is 11.5 Å². The van der Waals surface area contributed by atoms with Crippen molar-refractivity contribution >= 4 is 0 Å². The van der Waals surface area contributed by atoms with E-state index in [4.69, 9.17) is 14.6 Å². The van der Waals surface area contributed by atoms with Crippen molar-refractivity contribution in [2.45, 2.75) is 12.8 Å². The summed E-state index contributed by atoms with van der Waals surface area (Å²) in [4.78, 5) is 0. The largest absolute Gasteiger partial charge is 0.490 e. The molecule has 0 amide bonds. The molecule has 0 aromatic heterocycles. The van der Waals surface area contributed by atoms with Gasteiger partial charge in [-0.3, -0.25) is 0 Å². The van der Waals surface area contributed by atoms with E-state index in [-0.39, 0.29) is 18.8 Å². The van der Waals surface area contributed by atoms with Crippen LogP contribution in [-0.2, 0) is 6.42 Å². The summed E-state index contributed by atoms with van der Waals surface area (Å²) < 4.78 is 24.3. The van der Waals surface area contributed by atoms with Crippen LogP contribution in [0.2, 0.25) is 0 Å². The maximum absolute atomic E-state index is 13.5. The molecule has 0 saturated heterocycles. The lowest BCUT2D eigenvalue weighted by molar-refractivity contribution is 0.284. The molecule has 2 rings (SSSR count). The highest BCUT2D eigenvalue weighted by molar-refractivity contribution is 5.47. The van der Waals surface area contributed by atoms with Gasteiger partial charge in [0.2, 0.25) is 0 Å². The van der Waals surface area contributed by atoms with Crippen molar-refractivity contribution in [3.8, 4) is 11.5 Å². The van der Waals surface area contributed by atoms with E-state index in [0.717, 1.165) is 6.42 Å². The first-order valence-electron chi connectivity index (χ1n) is 5.01. The molecule has 1 aliphatic heterocycles. The van der Waals surface area contributed by atoms with Crippen molar-refractivity contribution in [3.05, 3.63) is 23.5 Å². The zero-order chi connectivity index (χ0) is 10.7. The molecule has 0 bridgehead atoms. The summed E-state index contributed by atoms with van der Waals surface area (Å²) in [5.74, 6) is 0.659. The highest BCUT2D eigenvalue weighted by Gasteiger charge is 2.17. The number of rotatable bonds is 2. The lowest BCUT2D eigenvalue weighted by atomic mass is 10.1. The fourth-order valence-corrected chi connectivity index (χ4v) is 1.61. The molecule has 1 heterocycles. The number of ether oxygens (including phenoxy) is 2. The first-order chi connectivity index (χ1) is 7.33. The van der Waals surface area contributed by atoms with Crippen LogP contribution in [-0.4, -0.2) is 24.9 Å². The van der Waals surface area contributed by atoms with E-state index in [9.17, 15) is 4.39 Å². The van der Waals surface area contributed by atoms with Crippen molar-refractivity contribution in [2.24, 2.45) is 0 Å². The van der Waals surface area contributed by atoms with Gasteiger partial charge in [-0.2, -0.15) is 0 Å². The van der Waals surface area contributed by atoms with Crippen LogP contribution in [0.25, 0.3) is 0 Å². The van der Waals surface area contributed by atoms with Crippen LogP contribution < -0.4 is 9.47 Å². The van der Waals surface area contributed by atoms with E-state index in [2.05, 4.69) is 0 Å². The summed E-state index contributed by atoms with van der Waals surface area (Å²) in [6.45, 7) is 1.00. The van der Waals surface area contributed by atoms with Gasteiger partial charge in [-0.1, -0.05) is 0 Å². The van der Waals surface area contributed by atoms with Crippen molar-refractivity contribution < 1.29 is 19.0 Å². The molecule has 82 valence electrons. The van der Waals surface area contributed by atoms with Crippen molar-refractivity contribution in [2.75, 3.05) is 19.8 Å². The van der Waals surface area contributed by atoms with Gasteiger partial charge in [0, 0.05) is 25.0 Å². The Kier molecular flexibility index (Phi) is 3.06. The Morgan fingerprint density at radius 1 is 1.27 bits per heavy atom. The van der Waals surface area contributed by atoms with E-state index in [1.165, 1.54) is 6.07 Å². The average Bonchev–Trinajstić information content (AvgIpc) is 2.47. The van der Waals surface area contributed by atoms with E-state index >= 15 is 0 Å². The number of hydrogen-bond donors (Lipinski definition) is 1. The molecule has 0 spiro atoms. The molecule has 0 fully saturated rings. The predicted molar refractivity (Wildman–Crippen MR) is 52.8 cm³/mol. The van der Waals surface area contributed by atoms with Gasteiger partial charge in [0.25, 0.3) is 0 Å². The summed E-state index contributed by atoms with van der Waals surface area (Å²) in [7, 11) is 0. The minimum atomic E-state index is -0.353. The van der Waals surface area contributed by atoms with Gasteiger partial charge >= 0.3 is 0 Å². The third kappa shape index (κ3) is 2.04. The zero-order valence-electron chi connectivity index (χ0n) is 8.33. The third-order valence-electron chi connectivity index (χ3n) is 2.32. The summed E-state index contributed by atoms with van der Waals surface area (Å²) >= 11 is 0. The number of halogens is 1. The van der Waals surface area contributed by atoms with E-state index in [1.54, 1.807) is 6.07 Å². The van der Waals surface area contributed by atoms with Crippen molar-refractivity contribution in [1.29, 1.82) is 0 Å². The Balaban J connectivity index is 2.42. The van der Waals surface area contributed by atoms with Gasteiger partial charge < -0.3 is 14.6 Å². The van der Waals surface area contributed by atoms with Gasteiger partial charge in [-0.25, -0.2) is 4.39 Å². The Bertz CT molecular complexity index is 352. The van der Waals surface area contributed by atoms with E-state index in [1.807, 2.05) is 0 Å². The normalized spacial score (nSPS) is 14.8. The van der Waals surface area contributed by atoms with Crippen LogP contribution in [0.3, 0.4) is 0 Å². The van der Waals surface area contributed by atoms with Crippen molar-refractivity contribution in [3.63, 3.8) is 0 Å². The maximum Gasteiger partial charge on any atom is 0.167 e. The maximum atomic E-state index is 13.5. The molecule has 15 heavy (non-hydrogen) atoms. The lowest BCUT2D eigenvalue weighted by Gasteiger charge is -2.12. The average molecular weight is 212 g/mol. The molecule has 1 aromatic rings. The molecule has 1 aliphatic rings. The monoisotopic (exact) mass is 212 g/mol. The van der Waals surface area contributed by atoms with Crippen LogP contribution in [0.1, 0.15) is 12.0 Å². The van der Waals surface area contributed by atoms with E-state index < -0.39 is 0 Å². The topological polar surface area (TPSA) is 38.7 Å².